The third-order valence-electron chi connectivity index (χ3n) is 4.17. The van der Waals surface area contributed by atoms with Crippen LogP contribution in [0.2, 0.25) is 0 Å². The fraction of sp³-hybridized carbons (Fsp3) is 0.0909. The average molecular weight is 419 g/mol. The van der Waals surface area contributed by atoms with Crippen LogP contribution in [0, 0.1) is 0 Å². The SMILES string of the molecule is CCNC(=O)Nc1cc(Nc2ccccc2)c(C(=O)Nc2ccc(C(=O)O)cc2)cn1. The first-order valence-electron chi connectivity index (χ1n) is 9.48. The van der Waals surface area contributed by atoms with Crippen molar-refractivity contribution >= 4 is 40.8 Å². The summed E-state index contributed by atoms with van der Waals surface area (Å²) in [6, 6.07) is 16.2. The van der Waals surface area contributed by atoms with Crippen molar-refractivity contribution in [2.75, 3.05) is 22.5 Å². The molecule has 1 aromatic heterocycles. The first-order valence-corrected chi connectivity index (χ1v) is 9.48. The molecule has 0 saturated heterocycles. The maximum atomic E-state index is 12.9. The highest BCUT2D eigenvalue weighted by molar-refractivity contribution is 6.08. The van der Waals surface area contributed by atoms with Gasteiger partial charge in [-0.3, -0.25) is 10.1 Å². The monoisotopic (exact) mass is 419 g/mol. The Balaban J connectivity index is 1.86. The van der Waals surface area contributed by atoms with Gasteiger partial charge in [0.05, 0.1) is 16.8 Å². The third-order valence-corrected chi connectivity index (χ3v) is 4.17. The number of amides is 3. The Kier molecular flexibility index (Phi) is 6.79. The summed E-state index contributed by atoms with van der Waals surface area (Å²) < 4.78 is 0. The van der Waals surface area contributed by atoms with E-state index in [1.807, 2.05) is 30.3 Å². The Bertz CT molecular complexity index is 1080. The molecule has 3 aromatic rings. The number of nitrogens with one attached hydrogen (secondary N) is 4. The molecule has 5 N–H and O–H groups in total. The number of urea groups is 1. The zero-order chi connectivity index (χ0) is 22.2. The summed E-state index contributed by atoms with van der Waals surface area (Å²) in [6.07, 6.45) is 1.35. The smallest absolute Gasteiger partial charge is 0.335 e. The lowest BCUT2D eigenvalue weighted by molar-refractivity contribution is 0.0696. The number of pyridine rings is 1. The second kappa shape index (κ2) is 9.88. The molecule has 3 amide bonds. The highest BCUT2D eigenvalue weighted by Gasteiger charge is 2.15. The van der Waals surface area contributed by atoms with Gasteiger partial charge in [-0.05, 0) is 43.3 Å². The molecule has 2 aromatic carbocycles. The van der Waals surface area contributed by atoms with Crippen LogP contribution in [0.25, 0.3) is 0 Å². The van der Waals surface area contributed by atoms with E-state index in [9.17, 15) is 14.4 Å². The summed E-state index contributed by atoms with van der Waals surface area (Å²) >= 11 is 0. The van der Waals surface area contributed by atoms with E-state index < -0.39 is 17.9 Å². The van der Waals surface area contributed by atoms with Crippen LogP contribution in [0.3, 0.4) is 0 Å². The van der Waals surface area contributed by atoms with Gasteiger partial charge in [-0.2, -0.15) is 0 Å². The first-order chi connectivity index (χ1) is 15.0. The summed E-state index contributed by atoms with van der Waals surface area (Å²) in [4.78, 5) is 39.8. The van der Waals surface area contributed by atoms with E-state index in [0.717, 1.165) is 5.69 Å². The van der Waals surface area contributed by atoms with Gasteiger partial charge >= 0.3 is 12.0 Å². The minimum absolute atomic E-state index is 0.117. The quantitative estimate of drug-likeness (QED) is 0.394. The molecule has 0 aliphatic heterocycles. The lowest BCUT2D eigenvalue weighted by Gasteiger charge is -2.14. The first kappa shape index (κ1) is 21.3. The van der Waals surface area contributed by atoms with E-state index in [0.29, 0.717) is 17.9 Å². The number of hydrogen-bond donors (Lipinski definition) is 5. The molecule has 0 fully saturated rings. The third kappa shape index (κ3) is 5.80. The number of carboxylic acids is 1. The van der Waals surface area contributed by atoms with Gasteiger partial charge in [0.25, 0.3) is 5.91 Å². The minimum atomic E-state index is -1.05. The molecule has 158 valence electrons. The summed E-state index contributed by atoms with van der Waals surface area (Å²) in [7, 11) is 0. The van der Waals surface area contributed by atoms with Crippen molar-refractivity contribution in [3.05, 3.63) is 78.0 Å². The average Bonchev–Trinajstić information content (AvgIpc) is 2.75. The van der Waals surface area contributed by atoms with Gasteiger partial charge in [0.2, 0.25) is 0 Å². The fourth-order valence-electron chi connectivity index (χ4n) is 2.70. The van der Waals surface area contributed by atoms with Gasteiger partial charge in [0.1, 0.15) is 5.82 Å². The Morgan fingerprint density at radius 2 is 1.65 bits per heavy atom. The zero-order valence-electron chi connectivity index (χ0n) is 16.7. The number of carboxylic acid groups (broad SMARTS) is 1. The molecule has 9 heteroatoms. The Morgan fingerprint density at radius 1 is 0.935 bits per heavy atom. The van der Waals surface area contributed by atoms with Crippen molar-refractivity contribution in [2.45, 2.75) is 6.92 Å². The molecule has 0 bridgehead atoms. The molecule has 0 aliphatic rings. The fourth-order valence-corrected chi connectivity index (χ4v) is 2.70. The highest BCUT2D eigenvalue weighted by Crippen LogP contribution is 2.24. The van der Waals surface area contributed by atoms with Crippen molar-refractivity contribution < 1.29 is 19.5 Å². The lowest BCUT2D eigenvalue weighted by atomic mass is 10.1. The second-order valence-corrected chi connectivity index (χ2v) is 6.43. The molecule has 0 atom stereocenters. The molecule has 0 aliphatic carbocycles. The van der Waals surface area contributed by atoms with Gasteiger partial charge in [0, 0.05) is 30.2 Å². The van der Waals surface area contributed by atoms with E-state index in [-0.39, 0.29) is 16.9 Å². The molecule has 0 unspecified atom stereocenters. The van der Waals surface area contributed by atoms with Crippen LogP contribution < -0.4 is 21.3 Å². The predicted octanol–water partition coefficient (Wildman–Crippen LogP) is 3.92. The number of aromatic carboxylic acids is 1. The second-order valence-electron chi connectivity index (χ2n) is 6.43. The van der Waals surface area contributed by atoms with Crippen LogP contribution in [-0.4, -0.2) is 34.5 Å². The van der Waals surface area contributed by atoms with Gasteiger partial charge < -0.3 is 21.1 Å². The van der Waals surface area contributed by atoms with E-state index in [1.54, 1.807) is 13.0 Å². The molecule has 9 nitrogen and oxygen atoms in total. The number of carbonyl (C=O) groups is 3. The van der Waals surface area contributed by atoms with Crippen LogP contribution in [0.1, 0.15) is 27.6 Å². The van der Waals surface area contributed by atoms with Crippen molar-refractivity contribution in [2.24, 2.45) is 0 Å². The van der Waals surface area contributed by atoms with E-state index in [4.69, 9.17) is 5.11 Å². The van der Waals surface area contributed by atoms with Crippen LogP contribution >= 0.6 is 0 Å². The van der Waals surface area contributed by atoms with Crippen molar-refractivity contribution in [1.29, 1.82) is 0 Å². The van der Waals surface area contributed by atoms with Crippen LogP contribution in [0.5, 0.6) is 0 Å². The van der Waals surface area contributed by atoms with Gasteiger partial charge in [-0.25, -0.2) is 14.6 Å². The number of anilines is 4. The number of para-hydroxylation sites is 1. The number of hydrogen-bond acceptors (Lipinski definition) is 5. The molecule has 0 saturated carbocycles. The predicted molar refractivity (Wildman–Crippen MR) is 118 cm³/mol. The maximum Gasteiger partial charge on any atom is 0.335 e. The highest BCUT2D eigenvalue weighted by atomic mass is 16.4. The van der Waals surface area contributed by atoms with Crippen LogP contribution in [0.4, 0.5) is 27.7 Å². The lowest BCUT2D eigenvalue weighted by Crippen LogP contribution is -2.28. The molecular weight excluding hydrogens is 398 g/mol. The summed E-state index contributed by atoms with van der Waals surface area (Å²) in [5, 5.41) is 20.1. The van der Waals surface area contributed by atoms with E-state index in [1.165, 1.54) is 30.5 Å². The van der Waals surface area contributed by atoms with E-state index in [2.05, 4.69) is 26.3 Å². The standard InChI is InChI=1S/C22H21N5O4/c1-2-23-22(31)27-19-12-18(25-15-6-4-3-5-7-15)17(13-24-19)20(28)26-16-10-8-14(9-11-16)21(29)30/h3-13H,2H2,1H3,(H,26,28)(H,29,30)(H3,23,24,25,27,31). The maximum absolute atomic E-state index is 12.9. The molecule has 31 heavy (non-hydrogen) atoms. The number of nitrogens with zero attached hydrogens (tertiary/aromatic N) is 1. The molecule has 0 radical (unpaired) electrons. The van der Waals surface area contributed by atoms with E-state index >= 15 is 0 Å². The number of rotatable bonds is 7. The van der Waals surface area contributed by atoms with Crippen LogP contribution in [-0.2, 0) is 0 Å². The summed E-state index contributed by atoms with van der Waals surface area (Å²) in [6.45, 7) is 2.26. The molecule has 1 heterocycles. The summed E-state index contributed by atoms with van der Waals surface area (Å²) in [5.74, 6) is -1.23. The molecule has 3 rings (SSSR count). The van der Waals surface area contributed by atoms with Gasteiger partial charge in [-0.1, -0.05) is 18.2 Å². The van der Waals surface area contributed by atoms with Crippen molar-refractivity contribution in [1.82, 2.24) is 10.3 Å². The van der Waals surface area contributed by atoms with Crippen LogP contribution in [0.15, 0.2) is 66.9 Å². The zero-order valence-corrected chi connectivity index (χ0v) is 16.7. The van der Waals surface area contributed by atoms with Gasteiger partial charge in [0.15, 0.2) is 0 Å². The number of aromatic nitrogens is 1. The number of carbonyl (C=O) groups excluding carboxylic acids is 2. The van der Waals surface area contributed by atoms with Crippen molar-refractivity contribution in [3.8, 4) is 0 Å². The Labute approximate surface area is 178 Å². The largest absolute Gasteiger partial charge is 0.478 e. The normalized spacial score (nSPS) is 10.1. The Morgan fingerprint density at radius 3 is 2.29 bits per heavy atom. The van der Waals surface area contributed by atoms with Crippen molar-refractivity contribution in [3.63, 3.8) is 0 Å². The summed E-state index contributed by atoms with van der Waals surface area (Å²) in [5.41, 5.74) is 1.98. The Hall–Kier alpha value is -4.40. The van der Waals surface area contributed by atoms with Gasteiger partial charge in [-0.15, -0.1) is 0 Å². The minimum Gasteiger partial charge on any atom is -0.478 e. The molecule has 0 spiro atoms. The molecular formula is C22H21N5O4. The number of benzene rings is 2. The topological polar surface area (TPSA) is 132 Å².